The zero-order valence-electron chi connectivity index (χ0n) is 11.2. The standard InChI is InChI=1S/C15H17N5/c1-2-6-14-13(5-1)11-18-19-15(14)17-7-3-4-9-20-10-8-16-12-20/h1-2,5-6,8,10-12H,3-4,7,9H2,(H,17,19). The van der Waals surface area contributed by atoms with Gasteiger partial charge in [0.25, 0.3) is 0 Å². The summed E-state index contributed by atoms with van der Waals surface area (Å²) in [6, 6.07) is 8.15. The van der Waals surface area contributed by atoms with Gasteiger partial charge >= 0.3 is 0 Å². The van der Waals surface area contributed by atoms with Crippen molar-refractivity contribution in [2.45, 2.75) is 19.4 Å². The number of benzene rings is 1. The molecule has 20 heavy (non-hydrogen) atoms. The lowest BCUT2D eigenvalue weighted by Crippen LogP contribution is -2.06. The van der Waals surface area contributed by atoms with E-state index < -0.39 is 0 Å². The van der Waals surface area contributed by atoms with Crippen LogP contribution < -0.4 is 5.32 Å². The molecule has 0 atom stereocenters. The zero-order valence-corrected chi connectivity index (χ0v) is 11.2. The van der Waals surface area contributed by atoms with Gasteiger partial charge in [0.1, 0.15) is 0 Å². The molecule has 0 radical (unpaired) electrons. The van der Waals surface area contributed by atoms with Crippen LogP contribution in [0, 0.1) is 0 Å². The largest absolute Gasteiger partial charge is 0.368 e. The van der Waals surface area contributed by atoms with E-state index in [0.29, 0.717) is 0 Å². The van der Waals surface area contributed by atoms with Crippen molar-refractivity contribution < 1.29 is 0 Å². The van der Waals surface area contributed by atoms with Crippen LogP contribution in [-0.2, 0) is 6.54 Å². The van der Waals surface area contributed by atoms with Crippen molar-refractivity contribution in [2.75, 3.05) is 11.9 Å². The minimum absolute atomic E-state index is 0.866. The normalized spacial score (nSPS) is 10.8. The molecule has 0 saturated carbocycles. The van der Waals surface area contributed by atoms with Crippen LogP contribution in [0.2, 0.25) is 0 Å². The Morgan fingerprint density at radius 3 is 3.00 bits per heavy atom. The van der Waals surface area contributed by atoms with E-state index in [1.165, 1.54) is 0 Å². The van der Waals surface area contributed by atoms with Gasteiger partial charge in [-0.05, 0) is 12.8 Å². The molecule has 0 aliphatic rings. The number of aromatic nitrogens is 4. The van der Waals surface area contributed by atoms with Gasteiger partial charge in [-0.2, -0.15) is 5.10 Å². The fourth-order valence-corrected chi connectivity index (χ4v) is 2.20. The van der Waals surface area contributed by atoms with Gasteiger partial charge in [-0.3, -0.25) is 0 Å². The molecule has 0 saturated heterocycles. The second-order valence-corrected chi connectivity index (χ2v) is 4.71. The number of hydrogen-bond donors (Lipinski definition) is 1. The number of anilines is 1. The van der Waals surface area contributed by atoms with E-state index in [1.54, 1.807) is 6.20 Å². The van der Waals surface area contributed by atoms with Crippen molar-refractivity contribution in [3.05, 3.63) is 49.2 Å². The van der Waals surface area contributed by atoms with E-state index in [2.05, 4.69) is 31.1 Å². The van der Waals surface area contributed by atoms with Gasteiger partial charge in [0.05, 0.1) is 12.5 Å². The van der Waals surface area contributed by atoms with E-state index in [4.69, 9.17) is 0 Å². The SMILES string of the molecule is c1ccc2c(NCCCCn3ccnc3)nncc2c1. The topological polar surface area (TPSA) is 55.6 Å². The first-order valence-corrected chi connectivity index (χ1v) is 6.83. The molecule has 0 amide bonds. The maximum Gasteiger partial charge on any atom is 0.156 e. The van der Waals surface area contributed by atoms with Gasteiger partial charge < -0.3 is 9.88 Å². The molecular weight excluding hydrogens is 250 g/mol. The smallest absolute Gasteiger partial charge is 0.156 e. The van der Waals surface area contributed by atoms with Gasteiger partial charge in [0.15, 0.2) is 5.82 Å². The number of nitrogens with zero attached hydrogens (tertiary/aromatic N) is 4. The molecule has 1 N–H and O–H groups in total. The Bertz CT molecular complexity index is 658. The predicted octanol–water partition coefficient (Wildman–Crippen LogP) is 2.72. The molecule has 5 nitrogen and oxygen atoms in total. The molecule has 102 valence electrons. The minimum atomic E-state index is 0.866. The van der Waals surface area contributed by atoms with Crippen LogP contribution in [0.3, 0.4) is 0 Å². The number of nitrogens with one attached hydrogen (secondary N) is 1. The van der Waals surface area contributed by atoms with Crippen LogP contribution in [0.15, 0.2) is 49.2 Å². The van der Waals surface area contributed by atoms with Crippen molar-refractivity contribution in [1.29, 1.82) is 0 Å². The lowest BCUT2D eigenvalue weighted by molar-refractivity contribution is 0.620. The van der Waals surface area contributed by atoms with Crippen LogP contribution in [0.1, 0.15) is 12.8 Å². The van der Waals surface area contributed by atoms with Crippen LogP contribution in [0.4, 0.5) is 5.82 Å². The highest BCUT2D eigenvalue weighted by Crippen LogP contribution is 2.18. The molecule has 2 heterocycles. The Balaban J connectivity index is 1.52. The number of fused-ring (bicyclic) bond motifs is 1. The molecule has 0 fully saturated rings. The summed E-state index contributed by atoms with van der Waals surface area (Å²) in [6.07, 6.45) is 9.64. The first kappa shape index (κ1) is 12.6. The maximum atomic E-state index is 4.18. The first-order valence-electron chi connectivity index (χ1n) is 6.83. The van der Waals surface area contributed by atoms with Gasteiger partial charge in [-0.1, -0.05) is 24.3 Å². The molecule has 3 aromatic rings. The van der Waals surface area contributed by atoms with E-state index in [-0.39, 0.29) is 0 Å². The molecule has 0 bridgehead atoms. The summed E-state index contributed by atoms with van der Waals surface area (Å²) in [6.45, 7) is 1.90. The molecule has 0 aliphatic carbocycles. The van der Waals surface area contributed by atoms with E-state index in [1.807, 2.05) is 36.9 Å². The van der Waals surface area contributed by atoms with Crippen molar-refractivity contribution in [3.8, 4) is 0 Å². The lowest BCUT2D eigenvalue weighted by Gasteiger charge is -2.07. The summed E-state index contributed by atoms with van der Waals surface area (Å²) in [5, 5.41) is 13.8. The van der Waals surface area contributed by atoms with Crippen molar-refractivity contribution >= 4 is 16.6 Å². The van der Waals surface area contributed by atoms with E-state index in [9.17, 15) is 0 Å². The number of unbranched alkanes of at least 4 members (excludes halogenated alkanes) is 1. The highest BCUT2D eigenvalue weighted by Gasteiger charge is 2.01. The van der Waals surface area contributed by atoms with Gasteiger partial charge in [0.2, 0.25) is 0 Å². The first-order chi connectivity index (χ1) is 9.93. The molecule has 1 aromatic carbocycles. The van der Waals surface area contributed by atoms with Crippen LogP contribution in [0.25, 0.3) is 10.8 Å². The molecule has 5 heteroatoms. The summed E-state index contributed by atoms with van der Waals surface area (Å²) in [5.74, 6) is 0.866. The lowest BCUT2D eigenvalue weighted by atomic mass is 10.2. The Kier molecular flexibility index (Phi) is 3.87. The van der Waals surface area contributed by atoms with Crippen LogP contribution in [-0.4, -0.2) is 26.3 Å². The molecule has 2 aromatic heterocycles. The Labute approximate surface area is 117 Å². The summed E-state index contributed by atoms with van der Waals surface area (Å²) in [7, 11) is 0. The monoisotopic (exact) mass is 267 g/mol. The third-order valence-corrected chi connectivity index (χ3v) is 3.27. The Morgan fingerprint density at radius 2 is 2.10 bits per heavy atom. The molecular formula is C15H17N5. The molecule has 0 spiro atoms. The van der Waals surface area contributed by atoms with Crippen LogP contribution >= 0.6 is 0 Å². The number of hydrogen-bond acceptors (Lipinski definition) is 4. The number of aryl methyl sites for hydroxylation is 1. The minimum Gasteiger partial charge on any atom is -0.368 e. The molecule has 0 unspecified atom stereocenters. The number of rotatable bonds is 6. The second-order valence-electron chi connectivity index (χ2n) is 4.71. The second kappa shape index (κ2) is 6.14. The summed E-state index contributed by atoms with van der Waals surface area (Å²) in [4.78, 5) is 4.03. The average Bonchev–Trinajstić information content (AvgIpc) is 3.00. The quantitative estimate of drug-likeness (QED) is 0.698. The fourth-order valence-electron chi connectivity index (χ4n) is 2.20. The van der Waals surface area contributed by atoms with E-state index >= 15 is 0 Å². The molecule has 3 rings (SSSR count). The number of imidazole rings is 1. The maximum absolute atomic E-state index is 4.18. The Hall–Kier alpha value is -2.43. The van der Waals surface area contributed by atoms with Gasteiger partial charge in [-0.25, -0.2) is 4.98 Å². The van der Waals surface area contributed by atoms with Crippen molar-refractivity contribution in [1.82, 2.24) is 19.7 Å². The fraction of sp³-hybridized carbons (Fsp3) is 0.267. The third-order valence-electron chi connectivity index (χ3n) is 3.27. The highest BCUT2D eigenvalue weighted by atomic mass is 15.2. The van der Waals surface area contributed by atoms with E-state index in [0.717, 1.165) is 42.5 Å². The average molecular weight is 267 g/mol. The molecule has 0 aliphatic heterocycles. The van der Waals surface area contributed by atoms with Gasteiger partial charge in [0, 0.05) is 36.3 Å². The van der Waals surface area contributed by atoms with Crippen molar-refractivity contribution in [2.24, 2.45) is 0 Å². The third kappa shape index (κ3) is 2.93. The summed E-state index contributed by atoms with van der Waals surface area (Å²) >= 11 is 0. The van der Waals surface area contributed by atoms with Crippen molar-refractivity contribution in [3.63, 3.8) is 0 Å². The van der Waals surface area contributed by atoms with Gasteiger partial charge in [-0.15, -0.1) is 5.10 Å². The van der Waals surface area contributed by atoms with Crippen LogP contribution in [0.5, 0.6) is 0 Å². The highest BCUT2D eigenvalue weighted by molar-refractivity contribution is 5.90. The zero-order chi connectivity index (χ0) is 13.6. The predicted molar refractivity (Wildman–Crippen MR) is 79.5 cm³/mol. The summed E-state index contributed by atoms with van der Waals surface area (Å²) in [5.41, 5.74) is 0. The Morgan fingerprint density at radius 1 is 1.15 bits per heavy atom. The summed E-state index contributed by atoms with van der Waals surface area (Å²) < 4.78 is 2.09.